The quantitative estimate of drug-likeness (QED) is 0.903. The molecular weight excluding hydrogens is 326 g/mol. The first-order chi connectivity index (χ1) is 9.15. The lowest BCUT2D eigenvalue weighted by Crippen LogP contribution is -2.35. The molecule has 1 unspecified atom stereocenters. The molecule has 0 bridgehead atoms. The highest BCUT2D eigenvalue weighted by Gasteiger charge is 2.14. The molecule has 2 rings (SSSR count). The van der Waals surface area contributed by atoms with Crippen LogP contribution in [0, 0.1) is 0 Å². The van der Waals surface area contributed by atoms with Gasteiger partial charge < -0.3 is 10.1 Å². The van der Waals surface area contributed by atoms with Crippen molar-refractivity contribution >= 4 is 33.2 Å². The number of hydrogen-bond donors (Lipinski definition) is 1. The molecule has 1 aromatic heterocycles. The first-order valence-electron chi connectivity index (χ1n) is 5.87. The van der Waals surface area contributed by atoms with Crippen LogP contribution in [0.2, 0.25) is 0 Å². The predicted molar refractivity (Wildman–Crippen MR) is 80.4 cm³/mol. The van der Waals surface area contributed by atoms with Gasteiger partial charge in [0.15, 0.2) is 6.10 Å². The highest BCUT2D eigenvalue weighted by molar-refractivity contribution is 9.10. The van der Waals surface area contributed by atoms with Crippen molar-refractivity contribution in [1.29, 1.82) is 0 Å². The van der Waals surface area contributed by atoms with Crippen molar-refractivity contribution in [3.63, 3.8) is 0 Å². The molecule has 0 aliphatic carbocycles. The molecule has 1 amide bonds. The fourth-order valence-electron chi connectivity index (χ4n) is 1.50. The molecule has 0 spiro atoms. The summed E-state index contributed by atoms with van der Waals surface area (Å²) in [6.45, 7) is 2.29. The summed E-state index contributed by atoms with van der Waals surface area (Å²) in [5, 5.41) is 4.84. The molecule has 1 atom stereocenters. The standard InChI is InChI=1S/C14H14BrNO2S/c1-10(18-12-6-4-11(15)5-7-12)14(17)16-9-13-3-2-8-19-13/h2-8,10H,9H2,1H3,(H,16,17). The third-order valence-electron chi connectivity index (χ3n) is 2.51. The van der Waals surface area contributed by atoms with Gasteiger partial charge in [-0.05, 0) is 42.6 Å². The molecule has 1 aromatic carbocycles. The molecule has 0 saturated heterocycles. The van der Waals surface area contributed by atoms with Gasteiger partial charge in [-0.25, -0.2) is 0 Å². The van der Waals surface area contributed by atoms with E-state index in [0.717, 1.165) is 9.35 Å². The lowest BCUT2D eigenvalue weighted by molar-refractivity contribution is -0.127. The Labute approximate surface area is 124 Å². The Morgan fingerprint density at radius 1 is 1.37 bits per heavy atom. The van der Waals surface area contributed by atoms with E-state index in [4.69, 9.17) is 4.74 Å². The van der Waals surface area contributed by atoms with Crippen LogP contribution in [0.3, 0.4) is 0 Å². The summed E-state index contributed by atoms with van der Waals surface area (Å²) >= 11 is 4.98. The second kappa shape index (κ2) is 6.73. The van der Waals surface area contributed by atoms with Gasteiger partial charge in [0, 0.05) is 9.35 Å². The van der Waals surface area contributed by atoms with Crippen molar-refractivity contribution in [2.45, 2.75) is 19.6 Å². The van der Waals surface area contributed by atoms with Gasteiger partial charge in [-0.2, -0.15) is 0 Å². The molecule has 3 nitrogen and oxygen atoms in total. The number of nitrogens with one attached hydrogen (secondary N) is 1. The van der Waals surface area contributed by atoms with E-state index < -0.39 is 6.10 Å². The molecular formula is C14H14BrNO2S. The van der Waals surface area contributed by atoms with E-state index >= 15 is 0 Å². The molecule has 5 heteroatoms. The van der Waals surface area contributed by atoms with Crippen LogP contribution in [-0.2, 0) is 11.3 Å². The lowest BCUT2D eigenvalue weighted by Gasteiger charge is -2.14. The normalized spacial score (nSPS) is 11.9. The fourth-order valence-corrected chi connectivity index (χ4v) is 2.41. The van der Waals surface area contributed by atoms with E-state index in [-0.39, 0.29) is 5.91 Å². The zero-order valence-electron chi connectivity index (χ0n) is 10.4. The first kappa shape index (κ1) is 14.1. The zero-order chi connectivity index (χ0) is 13.7. The molecule has 100 valence electrons. The Bertz CT molecular complexity index is 525. The number of halogens is 1. The number of carbonyl (C=O) groups excluding carboxylic acids is 1. The number of benzene rings is 1. The molecule has 0 fully saturated rings. The Morgan fingerprint density at radius 2 is 2.11 bits per heavy atom. The van der Waals surface area contributed by atoms with Crippen molar-refractivity contribution < 1.29 is 9.53 Å². The predicted octanol–water partition coefficient (Wildman–Crippen LogP) is 3.59. The highest BCUT2D eigenvalue weighted by Crippen LogP contribution is 2.17. The molecule has 0 aliphatic rings. The average molecular weight is 340 g/mol. The SMILES string of the molecule is CC(Oc1ccc(Br)cc1)C(=O)NCc1cccs1. The minimum absolute atomic E-state index is 0.115. The Morgan fingerprint density at radius 3 is 2.74 bits per heavy atom. The maximum Gasteiger partial charge on any atom is 0.261 e. The summed E-state index contributed by atoms with van der Waals surface area (Å²) in [5.74, 6) is 0.568. The third kappa shape index (κ3) is 4.36. The average Bonchev–Trinajstić information content (AvgIpc) is 2.91. The molecule has 19 heavy (non-hydrogen) atoms. The van der Waals surface area contributed by atoms with Gasteiger partial charge >= 0.3 is 0 Å². The van der Waals surface area contributed by atoms with Gasteiger partial charge in [-0.3, -0.25) is 4.79 Å². The topological polar surface area (TPSA) is 38.3 Å². The van der Waals surface area contributed by atoms with Gasteiger partial charge in [-0.1, -0.05) is 22.0 Å². The molecule has 1 N–H and O–H groups in total. The number of hydrogen-bond acceptors (Lipinski definition) is 3. The number of rotatable bonds is 5. The Balaban J connectivity index is 1.83. The Hall–Kier alpha value is -1.33. The molecule has 0 radical (unpaired) electrons. The summed E-state index contributed by atoms with van der Waals surface area (Å²) in [7, 11) is 0. The number of amides is 1. The Kier molecular flexibility index (Phi) is 4.99. The van der Waals surface area contributed by atoms with Crippen LogP contribution < -0.4 is 10.1 Å². The summed E-state index contributed by atoms with van der Waals surface area (Å²) < 4.78 is 6.55. The highest BCUT2D eigenvalue weighted by atomic mass is 79.9. The zero-order valence-corrected chi connectivity index (χ0v) is 12.8. The minimum Gasteiger partial charge on any atom is -0.481 e. The van der Waals surface area contributed by atoms with Gasteiger partial charge in [0.2, 0.25) is 0 Å². The van der Waals surface area contributed by atoms with Crippen LogP contribution in [0.15, 0.2) is 46.3 Å². The van der Waals surface area contributed by atoms with Crippen LogP contribution in [0.4, 0.5) is 0 Å². The smallest absolute Gasteiger partial charge is 0.261 e. The molecule has 0 aliphatic heterocycles. The summed E-state index contributed by atoms with van der Waals surface area (Å²) in [6.07, 6.45) is -0.513. The van der Waals surface area contributed by atoms with Crippen LogP contribution >= 0.6 is 27.3 Å². The van der Waals surface area contributed by atoms with Gasteiger partial charge in [0.05, 0.1) is 6.54 Å². The second-order valence-electron chi connectivity index (χ2n) is 4.01. The van der Waals surface area contributed by atoms with Gasteiger partial charge in [-0.15, -0.1) is 11.3 Å². The van der Waals surface area contributed by atoms with E-state index in [1.807, 2.05) is 41.8 Å². The summed E-state index contributed by atoms with van der Waals surface area (Å²) in [6, 6.07) is 11.4. The molecule has 0 saturated carbocycles. The van der Waals surface area contributed by atoms with Crippen LogP contribution in [0.25, 0.3) is 0 Å². The van der Waals surface area contributed by atoms with Crippen LogP contribution in [-0.4, -0.2) is 12.0 Å². The number of ether oxygens (including phenoxy) is 1. The van der Waals surface area contributed by atoms with Crippen LogP contribution in [0.1, 0.15) is 11.8 Å². The summed E-state index contributed by atoms with van der Waals surface area (Å²) in [5.41, 5.74) is 0. The van der Waals surface area contributed by atoms with Crippen molar-refractivity contribution in [3.05, 3.63) is 51.1 Å². The summed E-state index contributed by atoms with van der Waals surface area (Å²) in [4.78, 5) is 13.0. The second-order valence-corrected chi connectivity index (χ2v) is 5.96. The number of carbonyl (C=O) groups is 1. The van der Waals surface area contributed by atoms with E-state index in [0.29, 0.717) is 12.3 Å². The van der Waals surface area contributed by atoms with Crippen LogP contribution in [0.5, 0.6) is 5.75 Å². The van der Waals surface area contributed by atoms with Crippen molar-refractivity contribution in [3.8, 4) is 5.75 Å². The first-order valence-corrected chi connectivity index (χ1v) is 7.55. The minimum atomic E-state index is -0.513. The maximum absolute atomic E-state index is 11.9. The van der Waals surface area contributed by atoms with Gasteiger partial charge in [0.1, 0.15) is 5.75 Å². The van der Waals surface area contributed by atoms with E-state index in [1.54, 1.807) is 18.3 Å². The van der Waals surface area contributed by atoms with Crippen molar-refractivity contribution in [1.82, 2.24) is 5.32 Å². The third-order valence-corrected chi connectivity index (χ3v) is 3.92. The van der Waals surface area contributed by atoms with E-state index in [9.17, 15) is 4.79 Å². The lowest BCUT2D eigenvalue weighted by atomic mass is 10.3. The van der Waals surface area contributed by atoms with Crippen molar-refractivity contribution in [2.24, 2.45) is 0 Å². The fraction of sp³-hybridized carbons (Fsp3) is 0.214. The van der Waals surface area contributed by atoms with E-state index in [2.05, 4.69) is 21.2 Å². The largest absolute Gasteiger partial charge is 0.481 e. The molecule has 2 aromatic rings. The van der Waals surface area contributed by atoms with Crippen molar-refractivity contribution in [2.75, 3.05) is 0 Å². The monoisotopic (exact) mass is 339 g/mol. The van der Waals surface area contributed by atoms with Gasteiger partial charge in [0.25, 0.3) is 5.91 Å². The maximum atomic E-state index is 11.9. The number of thiophene rings is 1. The molecule has 1 heterocycles. The van der Waals surface area contributed by atoms with E-state index in [1.165, 1.54) is 0 Å².